The highest BCUT2D eigenvalue weighted by molar-refractivity contribution is 9.10. The fourth-order valence-corrected chi connectivity index (χ4v) is 2.79. The third-order valence-corrected chi connectivity index (χ3v) is 4.39. The molecule has 0 fully saturated rings. The molecule has 96 valence electrons. The normalized spacial score (nSPS) is 12.6. The van der Waals surface area contributed by atoms with E-state index < -0.39 is 0 Å². The summed E-state index contributed by atoms with van der Waals surface area (Å²) < 4.78 is 13.9. The lowest BCUT2D eigenvalue weighted by atomic mass is 10.0. The van der Waals surface area contributed by atoms with Crippen LogP contribution in [0, 0.1) is 5.82 Å². The van der Waals surface area contributed by atoms with Gasteiger partial charge in [0.2, 0.25) is 0 Å². The van der Waals surface area contributed by atoms with E-state index in [1.165, 1.54) is 10.9 Å². The molecule has 5 heteroatoms. The minimum atomic E-state index is -0.260. The molecule has 0 amide bonds. The number of rotatable bonds is 5. The Hall–Kier alpha value is -0.750. The monoisotopic (exact) mass is 328 g/mol. The summed E-state index contributed by atoms with van der Waals surface area (Å²) in [5, 5.41) is 2.06. The van der Waals surface area contributed by atoms with Gasteiger partial charge in [0.05, 0.1) is 4.47 Å². The molecule has 0 radical (unpaired) electrons. The van der Waals surface area contributed by atoms with Crippen molar-refractivity contribution in [2.45, 2.75) is 18.9 Å². The summed E-state index contributed by atoms with van der Waals surface area (Å²) in [4.78, 5) is 1.31. The number of thiophene rings is 1. The third kappa shape index (κ3) is 3.38. The number of aryl methyl sites for hydroxylation is 1. The van der Waals surface area contributed by atoms with Crippen LogP contribution >= 0.6 is 27.3 Å². The molecule has 0 bridgehead atoms. The van der Waals surface area contributed by atoms with Crippen LogP contribution in [0.25, 0.3) is 0 Å². The predicted octanol–water partition coefficient (Wildman–Crippen LogP) is 3.79. The molecule has 1 aromatic carbocycles. The van der Waals surface area contributed by atoms with E-state index in [4.69, 9.17) is 5.84 Å². The molecule has 0 aliphatic rings. The highest BCUT2D eigenvalue weighted by Crippen LogP contribution is 2.24. The van der Waals surface area contributed by atoms with Gasteiger partial charge in [-0.25, -0.2) is 4.39 Å². The molecular formula is C13H14BrFN2S. The smallest absolute Gasteiger partial charge is 0.137 e. The summed E-state index contributed by atoms with van der Waals surface area (Å²) in [7, 11) is 0. The first-order valence-electron chi connectivity index (χ1n) is 5.64. The highest BCUT2D eigenvalue weighted by Gasteiger charge is 2.12. The van der Waals surface area contributed by atoms with Crippen LogP contribution < -0.4 is 11.3 Å². The van der Waals surface area contributed by atoms with Gasteiger partial charge < -0.3 is 0 Å². The van der Waals surface area contributed by atoms with E-state index in [0.29, 0.717) is 4.47 Å². The molecule has 1 unspecified atom stereocenters. The molecule has 1 heterocycles. The van der Waals surface area contributed by atoms with Crippen molar-refractivity contribution in [3.05, 3.63) is 56.4 Å². The Balaban J connectivity index is 2.05. The molecule has 2 aromatic rings. The van der Waals surface area contributed by atoms with Crippen molar-refractivity contribution in [2.75, 3.05) is 0 Å². The molecule has 0 spiro atoms. The van der Waals surface area contributed by atoms with Crippen LogP contribution in [-0.4, -0.2) is 0 Å². The maximum absolute atomic E-state index is 13.5. The molecule has 3 N–H and O–H groups in total. The SMILES string of the molecule is NNC(CCc1cccs1)c1ccc(Br)c(F)c1. The Kier molecular flexibility index (Phi) is 4.88. The van der Waals surface area contributed by atoms with Crippen LogP contribution in [0.1, 0.15) is 22.9 Å². The van der Waals surface area contributed by atoms with Crippen molar-refractivity contribution < 1.29 is 4.39 Å². The average molecular weight is 329 g/mol. The van der Waals surface area contributed by atoms with Crippen LogP contribution in [0.2, 0.25) is 0 Å². The van der Waals surface area contributed by atoms with E-state index in [0.717, 1.165) is 18.4 Å². The maximum Gasteiger partial charge on any atom is 0.137 e. The Bertz CT molecular complexity index is 502. The lowest BCUT2D eigenvalue weighted by Crippen LogP contribution is -2.28. The molecule has 18 heavy (non-hydrogen) atoms. The second-order valence-electron chi connectivity index (χ2n) is 4.01. The first-order chi connectivity index (χ1) is 8.70. The van der Waals surface area contributed by atoms with Crippen molar-refractivity contribution in [3.8, 4) is 0 Å². The van der Waals surface area contributed by atoms with Crippen molar-refractivity contribution >= 4 is 27.3 Å². The van der Waals surface area contributed by atoms with E-state index in [-0.39, 0.29) is 11.9 Å². The largest absolute Gasteiger partial charge is 0.271 e. The van der Waals surface area contributed by atoms with Crippen LogP contribution in [0.3, 0.4) is 0 Å². The zero-order chi connectivity index (χ0) is 13.0. The fraction of sp³-hybridized carbons (Fsp3) is 0.231. The van der Waals surface area contributed by atoms with Gasteiger partial charge in [-0.15, -0.1) is 11.3 Å². The highest BCUT2D eigenvalue weighted by atomic mass is 79.9. The number of nitrogens with one attached hydrogen (secondary N) is 1. The summed E-state index contributed by atoms with van der Waals surface area (Å²) in [5.41, 5.74) is 3.62. The molecule has 0 aliphatic carbocycles. The summed E-state index contributed by atoms with van der Waals surface area (Å²) in [6, 6.07) is 9.20. The Morgan fingerprint density at radius 3 is 2.83 bits per heavy atom. The van der Waals surface area contributed by atoms with E-state index in [1.807, 2.05) is 12.1 Å². The van der Waals surface area contributed by atoms with E-state index in [1.54, 1.807) is 17.4 Å². The Morgan fingerprint density at radius 2 is 2.22 bits per heavy atom. The topological polar surface area (TPSA) is 38.0 Å². The fourth-order valence-electron chi connectivity index (χ4n) is 1.82. The van der Waals surface area contributed by atoms with Crippen molar-refractivity contribution in [3.63, 3.8) is 0 Å². The van der Waals surface area contributed by atoms with E-state index in [2.05, 4.69) is 32.8 Å². The lowest BCUT2D eigenvalue weighted by molar-refractivity contribution is 0.513. The minimum Gasteiger partial charge on any atom is -0.271 e. The molecule has 0 saturated heterocycles. The molecule has 2 rings (SSSR count). The minimum absolute atomic E-state index is 0.0327. The number of halogens is 2. The number of nitrogens with two attached hydrogens (primary N) is 1. The Morgan fingerprint density at radius 1 is 1.39 bits per heavy atom. The molecule has 1 atom stereocenters. The van der Waals surface area contributed by atoms with Gasteiger partial charge in [0, 0.05) is 10.9 Å². The van der Waals surface area contributed by atoms with Gasteiger partial charge in [0.25, 0.3) is 0 Å². The van der Waals surface area contributed by atoms with Crippen LogP contribution in [0.4, 0.5) is 4.39 Å². The second kappa shape index (κ2) is 6.43. The molecule has 1 aromatic heterocycles. The van der Waals surface area contributed by atoms with Crippen molar-refractivity contribution in [2.24, 2.45) is 5.84 Å². The first kappa shape index (κ1) is 13.7. The van der Waals surface area contributed by atoms with E-state index in [9.17, 15) is 4.39 Å². The van der Waals surface area contributed by atoms with Crippen molar-refractivity contribution in [1.82, 2.24) is 5.43 Å². The molecule has 0 aliphatic heterocycles. The maximum atomic E-state index is 13.5. The van der Waals surface area contributed by atoms with Crippen molar-refractivity contribution in [1.29, 1.82) is 0 Å². The summed E-state index contributed by atoms with van der Waals surface area (Å²) in [6.07, 6.45) is 1.78. The third-order valence-electron chi connectivity index (χ3n) is 2.81. The van der Waals surface area contributed by atoms with Gasteiger partial charge in [0.1, 0.15) is 5.82 Å². The second-order valence-corrected chi connectivity index (χ2v) is 5.90. The number of benzene rings is 1. The summed E-state index contributed by atoms with van der Waals surface area (Å²) in [6.45, 7) is 0. The average Bonchev–Trinajstić information content (AvgIpc) is 2.87. The molecule has 0 saturated carbocycles. The summed E-state index contributed by atoms with van der Waals surface area (Å²) in [5.74, 6) is 5.29. The van der Waals surface area contributed by atoms with Gasteiger partial charge in [-0.3, -0.25) is 11.3 Å². The standard InChI is InChI=1S/C13H14BrFN2S/c14-11-5-3-9(8-12(11)15)13(17-16)6-4-10-2-1-7-18-10/h1-3,5,7-8,13,17H,4,6,16H2. The zero-order valence-electron chi connectivity index (χ0n) is 9.70. The quantitative estimate of drug-likeness (QED) is 0.647. The number of hydrogen-bond acceptors (Lipinski definition) is 3. The molecular weight excluding hydrogens is 315 g/mol. The van der Waals surface area contributed by atoms with Crippen LogP contribution in [-0.2, 0) is 6.42 Å². The lowest BCUT2D eigenvalue weighted by Gasteiger charge is -2.16. The summed E-state index contributed by atoms with van der Waals surface area (Å²) >= 11 is 4.87. The predicted molar refractivity (Wildman–Crippen MR) is 76.8 cm³/mol. The van der Waals surface area contributed by atoms with E-state index >= 15 is 0 Å². The van der Waals surface area contributed by atoms with Gasteiger partial charge in [-0.1, -0.05) is 12.1 Å². The number of hydrazine groups is 1. The van der Waals surface area contributed by atoms with Gasteiger partial charge in [-0.2, -0.15) is 0 Å². The van der Waals surface area contributed by atoms with Gasteiger partial charge in [0.15, 0.2) is 0 Å². The zero-order valence-corrected chi connectivity index (χ0v) is 12.1. The first-order valence-corrected chi connectivity index (χ1v) is 7.31. The number of hydrogen-bond donors (Lipinski definition) is 2. The van der Waals surface area contributed by atoms with Crippen LogP contribution in [0.5, 0.6) is 0 Å². The Labute approximate surface area is 118 Å². The van der Waals surface area contributed by atoms with Gasteiger partial charge >= 0.3 is 0 Å². The van der Waals surface area contributed by atoms with Crippen LogP contribution in [0.15, 0.2) is 40.2 Å². The van der Waals surface area contributed by atoms with Gasteiger partial charge in [-0.05, 0) is 57.9 Å². The molecule has 2 nitrogen and oxygen atoms in total.